The van der Waals surface area contributed by atoms with E-state index < -0.39 is 0 Å². The molecule has 2 nitrogen and oxygen atoms in total. The van der Waals surface area contributed by atoms with Gasteiger partial charge < -0.3 is 10.2 Å². The highest BCUT2D eigenvalue weighted by molar-refractivity contribution is 5.14. The van der Waals surface area contributed by atoms with Crippen molar-refractivity contribution < 1.29 is 0 Å². The van der Waals surface area contributed by atoms with Gasteiger partial charge in [-0.1, -0.05) is 44.2 Å². The molecule has 0 radical (unpaired) electrons. The number of hydrogen-bond donors (Lipinski definition) is 1. The molecule has 1 unspecified atom stereocenters. The van der Waals surface area contributed by atoms with Gasteiger partial charge in [0, 0.05) is 19.6 Å². The zero-order valence-electron chi connectivity index (χ0n) is 12.4. The van der Waals surface area contributed by atoms with Crippen molar-refractivity contribution in [3.8, 4) is 0 Å². The van der Waals surface area contributed by atoms with Gasteiger partial charge in [-0.15, -0.1) is 0 Å². The average molecular weight is 248 g/mol. The van der Waals surface area contributed by atoms with E-state index in [1.165, 1.54) is 12.0 Å². The molecular formula is C16H28N2. The lowest BCUT2D eigenvalue weighted by atomic mass is 9.87. The van der Waals surface area contributed by atoms with Crippen LogP contribution in [0.15, 0.2) is 30.3 Å². The molecule has 0 spiro atoms. The van der Waals surface area contributed by atoms with Gasteiger partial charge in [0.15, 0.2) is 0 Å². The second-order valence-electron chi connectivity index (χ2n) is 5.67. The summed E-state index contributed by atoms with van der Waals surface area (Å²) in [5.41, 5.74) is 1.80. The van der Waals surface area contributed by atoms with E-state index in [9.17, 15) is 0 Å². The molecule has 0 saturated carbocycles. The maximum Gasteiger partial charge on any atom is 0.00445 e. The number of benzene rings is 1. The molecule has 0 aliphatic carbocycles. The third kappa shape index (κ3) is 5.19. The summed E-state index contributed by atoms with van der Waals surface area (Å²) < 4.78 is 0. The van der Waals surface area contributed by atoms with Gasteiger partial charge in [0.05, 0.1) is 0 Å². The van der Waals surface area contributed by atoms with Gasteiger partial charge in [-0.3, -0.25) is 0 Å². The van der Waals surface area contributed by atoms with Crippen LogP contribution in [0.1, 0.15) is 25.8 Å². The highest BCUT2D eigenvalue weighted by atomic mass is 15.1. The predicted octanol–water partition coefficient (Wildman–Crippen LogP) is 2.80. The van der Waals surface area contributed by atoms with Crippen LogP contribution in [0.3, 0.4) is 0 Å². The molecule has 2 heteroatoms. The molecule has 1 rings (SSSR count). The van der Waals surface area contributed by atoms with Gasteiger partial charge in [-0.25, -0.2) is 0 Å². The monoisotopic (exact) mass is 248 g/mol. The SMILES string of the molecule is CCC(C)(CNC)CN(C)CCc1ccccc1. The van der Waals surface area contributed by atoms with Crippen molar-refractivity contribution in [2.75, 3.05) is 33.7 Å². The van der Waals surface area contributed by atoms with E-state index in [0.717, 1.165) is 26.1 Å². The maximum atomic E-state index is 3.31. The summed E-state index contributed by atoms with van der Waals surface area (Å²) in [4.78, 5) is 2.45. The van der Waals surface area contributed by atoms with E-state index >= 15 is 0 Å². The Bertz CT molecular complexity index is 323. The summed E-state index contributed by atoms with van der Waals surface area (Å²) in [6.07, 6.45) is 2.35. The van der Waals surface area contributed by atoms with E-state index in [-0.39, 0.29) is 0 Å². The van der Waals surface area contributed by atoms with Crippen molar-refractivity contribution in [2.45, 2.75) is 26.7 Å². The number of rotatable bonds is 8. The first kappa shape index (κ1) is 15.2. The molecule has 0 aromatic heterocycles. The van der Waals surface area contributed by atoms with Crippen molar-refractivity contribution in [3.05, 3.63) is 35.9 Å². The van der Waals surface area contributed by atoms with Crippen LogP contribution in [-0.4, -0.2) is 38.6 Å². The number of likely N-dealkylation sites (N-methyl/N-ethyl adjacent to an activating group) is 1. The lowest BCUT2D eigenvalue weighted by Gasteiger charge is -2.33. The summed E-state index contributed by atoms with van der Waals surface area (Å²) in [6, 6.07) is 10.7. The van der Waals surface area contributed by atoms with Crippen LogP contribution in [-0.2, 0) is 6.42 Å². The van der Waals surface area contributed by atoms with E-state index in [1.54, 1.807) is 0 Å². The van der Waals surface area contributed by atoms with Crippen LogP contribution in [0.5, 0.6) is 0 Å². The second kappa shape index (κ2) is 7.55. The summed E-state index contributed by atoms with van der Waals surface area (Å²) in [6.45, 7) is 8.00. The molecule has 0 aliphatic rings. The van der Waals surface area contributed by atoms with Crippen LogP contribution in [0.2, 0.25) is 0 Å². The highest BCUT2D eigenvalue weighted by Gasteiger charge is 2.22. The Morgan fingerprint density at radius 2 is 1.89 bits per heavy atom. The minimum Gasteiger partial charge on any atom is -0.319 e. The first-order valence-electron chi connectivity index (χ1n) is 6.97. The van der Waals surface area contributed by atoms with Gasteiger partial charge in [0.2, 0.25) is 0 Å². The van der Waals surface area contributed by atoms with Crippen LogP contribution in [0.25, 0.3) is 0 Å². The van der Waals surface area contributed by atoms with Crippen LogP contribution in [0.4, 0.5) is 0 Å². The molecule has 102 valence electrons. The molecule has 18 heavy (non-hydrogen) atoms. The van der Waals surface area contributed by atoms with Gasteiger partial charge >= 0.3 is 0 Å². The Kier molecular flexibility index (Phi) is 6.37. The molecule has 1 N–H and O–H groups in total. The number of nitrogens with zero attached hydrogens (tertiary/aromatic N) is 1. The Balaban J connectivity index is 2.39. The zero-order valence-corrected chi connectivity index (χ0v) is 12.4. The largest absolute Gasteiger partial charge is 0.319 e. The summed E-state index contributed by atoms with van der Waals surface area (Å²) >= 11 is 0. The quantitative estimate of drug-likeness (QED) is 0.761. The molecule has 0 aliphatic heterocycles. The zero-order chi connectivity index (χ0) is 13.4. The van der Waals surface area contributed by atoms with Crippen molar-refractivity contribution in [2.24, 2.45) is 5.41 Å². The Labute approximate surface area is 112 Å². The van der Waals surface area contributed by atoms with E-state index in [1.807, 2.05) is 7.05 Å². The first-order chi connectivity index (χ1) is 8.59. The molecule has 0 saturated heterocycles. The minimum absolute atomic E-state index is 0.375. The molecular weight excluding hydrogens is 220 g/mol. The fourth-order valence-electron chi connectivity index (χ4n) is 2.41. The van der Waals surface area contributed by atoms with Gasteiger partial charge in [-0.2, -0.15) is 0 Å². The molecule has 1 atom stereocenters. The Hall–Kier alpha value is -0.860. The van der Waals surface area contributed by atoms with Gasteiger partial charge in [-0.05, 0) is 37.9 Å². The second-order valence-corrected chi connectivity index (χ2v) is 5.67. The standard InChI is InChI=1S/C16H28N2/c1-5-16(2,13-17-3)14-18(4)12-11-15-9-7-6-8-10-15/h6-10,17H,5,11-14H2,1-4H3. The smallest absolute Gasteiger partial charge is 0.00445 e. The predicted molar refractivity (Wildman–Crippen MR) is 80.0 cm³/mol. The third-order valence-electron chi connectivity index (χ3n) is 3.73. The first-order valence-corrected chi connectivity index (χ1v) is 6.97. The van der Waals surface area contributed by atoms with Crippen molar-refractivity contribution >= 4 is 0 Å². The number of nitrogens with one attached hydrogen (secondary N) is 1. The fraction of sp³-hybridized carbons (Fsp3) is 0.625. The summed E-state index contributed by atoms with van der Waals surface area (Å²) in [7, 11) is 4.27. The van der Waals surface area contributed by atoms with E-state index in [0.29, 0.717) is 5.41 Å². The van der Waals surface area contributed by atoms with Crippen molar-refractivity contribution in [1.82, 2.24) is 10.2 Å². The molecule has 0 fully saturated rings. The normalized spacial score (nSPS) is 14.7. The van der Waals surface area contributed by atoms with Crippen molar-refractivity contribution in [1.29, 1.82) is 0 Å². The van der Waals surface area contributed by atoms with Crippen LogP contribution >= 0.6 is 0 Å². The van der Waals surface area contributed by atoms with Gasteiger partial charge in [0.1, 0.15) is 0 Å². The lowest BCUT2D eigenvalue weighted by Crippen LogP contribution is -2.40. The van der Waals surface area contributed by atoms with Crippen molar-refractivity contribution in [3.63, 3.8) is 0 Å². The fourth-order valence-corrected chi connectivity index (χ4v) is 2.41. The third-order valence-corrected chi connectivity index (χ3v) is 3.73. The maximum absolute atomic E-state index is 3.31. The van der Waals surface area contributed by atoms with Gasteiger partial charge in [0.25, 0.3) is 0 Å². The van der Waals surface area contributed by atoms with Crippen LogP contribution < -0.4 is 5.32 Å². The lowest BCUT2D eigenvalue weighted by molar-refractivity contribution is 0.184. The number of hydrogen-bond acceptors (Lipinski definition) is 2. The topological polar surface area (TPSA) is 15.3 Å². The average Bonchev–Trinajstić information content (AvgIpc) is 2.38. The molecule has 1 aromatic carbocycles. The molecule has 0 bridgehead atoms. The molecule has 0 heterocycles. The highest BCUT2D eigenvalue weighted by Crippen LogP contribution is 2.21. The van der Waals surface area contributed by atoms with E-state index in [4.69, 9.17) is 0 Å². The summed E-state index contributed by atoms with van der Waals surface area (Å²) in [5.74, 6) is 0. The Morgan fingerprint density at radius 3 is 2.44 bits per heavy atom. The molecule has 0 amide bonds. The van der Waals surface area contributed by atoms with E-state index in [2.05, 4.69) is 61.4 Å². The minimum atomic E-state index is 0.375. The molecule has 1 aromatic rings. The summed E-state index contributed by atoms with van der Waals surface area (Å²) in [5, 5.41) is 3.31. The Morgan fingerprint density at radius 1 is 1.22 bits per heavy atom. The van der Waals surface area contributed by atoms with Crippen LogP contribution in [0, 0.1) is 5.41 Å².